The van der Waals surface area contributed by atoms with Gasteiger partial charge in [-0.3, -0.25) is 4.72 Å². The first kappa shape index (κ1) is 18.3. The summed E-state index contributed by atoms with van der Waals surface area (Å²) in [6, 6.07) is 10.7. The smallest absolute Gasteiger partial charge is 0.328 e. The Morgan fingerprint density at radius 2 is 1.76 bits per heavy atom. The standard InChI is InChI=1S/C17H17NO6S/c1-23-14-9-8-13(11-15(14)24-2)18-25(21,22)16-6-4-3-5-12(16)7-10-17(19)20/h3-11,18H,1-2H3,(H,19,20)/b10-7+. The van der Waals surface area contributed by atoms with Crippen LogP contribution in [0.3, 0.4) is 0 Å². The summed E-state index contributed by atoms with van der Waals surface area (Å²) >= 11 is 0. The van der Waals surface area contributed by atoms with Crippen LogP contribution in [-0.2, 0) is 14.8 Å². The van der Waals surface area contributed by atoms with Crippen LogP contribution in [-0.4, -0.2) is 33.7 Å². The zero-order valence-corrected chi connectivity index (χ0v) is 14.4. The third kappa shape index (κ3) is 4.51. The lowest BCUT2D eigenvalue weighted by atomic mass is 10.2. The molecule has 0 saturated carbocycles. The van der Waals surface area contributed by atoms with E-state index in [1.165, 1.54) is 44.6 Å². The SMILES string of the molecule is COc1ccc(NS(=O)(=O)c2ccccc2/C=C/C(=O)O)cc1OC. The van der Waals surface area contributed by atoms with E-state index < -0.39 is 16.0 Å². The van der Waals surface area contributed by atoms with Crippen molar-refractivity contribution in [2.24, 2.45) is 0 Å². The van der Waals surface area contributed by atoms with Crippen LogP contribution in [0.25, 0.3) is 6.08 Å². The van der Waals surface area contributed by atoms with Crippen molar-refractivity contribution in [3.05, 3.63) is 54.1 Å². The average molecular weight is 363 g/mol. The molecule has 0 spiro atoms. The maximum absolute atomic E-state index is 12.7. The third-order valence-corrected chi connectivity index (χ3v) is 4.70. The molecule has 0 aromatic heterocycles. The summed E-state index contributed by atoms with van der Waals surface area (Å²) in [4.78, 5) is 10.6. The summed E-state index contributed by atoms with van der Waals surface area (Å²) in [5, 5.41) is 8.73. The van der Waals surface area contributed by atoms with Crippen LogP contribution in [0.5, 0.6) is 11.5 Å². The van der Waals surface area contributed by atoms with Crippen LogP contribution in [0.2, 0.25) is 0 Å². The largest absolute Gasteiger partial charge is 0.493 e. The fraction of sp³-hybridized carbons (Fsp3) is 0.118. The van der Waals surface area contributed by atoms with Crippen molar-refractivity contribution in [3.63, 3.8) is 0 Å². The van der Waals surface area contributed by atoms with E-state index in [0.717, 1.165) is 6.08 Å². The molecule has 0 amide bonds. The molecule has 0 heterocycles. The number of rotatable bonds is 7. The number of anilines is 1. The van der Waals surface area contributed by atoms with Gasteiger partial charge in [0, 0.05) is 12.1 Å². The first-order valence-electron chi connectivity index (χ1n) is 7.12. The monoisotopic (exact) mass is 363 g/mol. The van der Waals surface area contributed by atoms with E-state index in [4.69, 9.17) is 14.6 Å². The molecule has 0 aliphatic rings. The van der Waals surface area contributed by atoms with E-state index in [1.54, 1.807) is 18.2 Å². The van der Waals surface area contributed by atoms with Gasteiger partial charge < -0.3 is 14.6 Å². The summed E-state index contributed by atoms with van der Waals surface area (Å²) in [5.74, 6) is -0.322. The number of aliphatic carboxylic acids is 1. The van der Waals surface area contributed by atoms with Crippen molar-refractivity contribution < 1.29 is 27.8 Å². The Bertz CT molecular complexity index is 905. The number of benzene rings is 2. The molecule has 25 heavy (non-hydrogen) atoms. The normalized spacial score (nSPS) is 11.3. The number of ether oxygens (including phenoxy) is 2. The fourth-order valence-electron chi connectivity index (χ4n) is 2.13. The van der Waals surface area contributed by atoms with Crippen molar-refractivity contribution in [3.8, 4) is 11.5 Å². The first-order chi connectivity index (χ1) is 11.9. The lowest BCUT2D eigenvalue weighted by Crippen LogP contribution is -2.14. The Hall–Kier alpha value is -3.00. The predicted octanol–water partition coefficient (Wildman–Crippen LogP) is 2.60. The van der Waals surface area contributed by atoms with E-state index in [1.807, 2.05) is 0 Å². The molecule has 132 valence electrons. The van der Waals surface area contributed by atoms with E-state index >= 15 is 0 Å². The van der Waals surface area contributed by atoms with E-state index in [-0.39, 0.29) is 16.1 Å². The highest BCUT2D eigenvalue weighted by Crippen LogP contribution is 2.31. The van der Waals surface area contributed by atoms with Crippen molar-refractivity contribution in [1.29, 1.82) is 0 Å². The lowest BCUT2D eigenvalue weighted by Gasteiger charge is -2.13. The van der Waals surface area contributed by atoms with Crippen LogP contribution in [0, 0.1) is 0 Å². The molecule has 8 heteroatoms. The molecule has 2 aromatic rings. The molecule has 2 rings (SSSR count). The summed E-state index contributed by atoms with van der Waals surface area (Å²) in [5.41, 5.74) is 0.549. The summed E-state index contributed by atoms with van der Waals surface area (Å²) < 4.78 is 38.0. The maximum atomic E-state index is 12.7. The quantitative estimate of drug-likeness (QED) is 0.733. The van der Waals surface area contributed by atoms with Gasteiger partial charge in [-0.25, -0.2) is 13.2 Å². The van der Waals surface area contributed by atoms with Gasteiger partial charge in [-0.05, 0) is 29.8 Å². The highest BCUT2D eigenvalue weighted by molar-refractivity contribution is 7.92. The Balaban J connectivity index is 2.39. The van der Waals surface area contributed by atoms with Gasteiger partial charge in [-0.2, -0.15) is 0 Å². The van der Waals surface area contributed by atoms with E-state index in [0.29, 0.717) is 11.5 Å². The molecule has 0 radical (unpaired) electrons. The topological polar surface area (TPSA) is 102 Å². The van der Waals surface area contributed by atoms with Gasteiger partial charge in [0.25, 0.3) is 10.0 Å². The Kier molecular flexibility index (Phi) is 5.66. The van der Waals surface area contributed by atoms with Gasteiger partial charge in [-0.1, -0.05) is 18.2 Å². The molecule has 7 nitrogen and oxygen atoms in total. The average Bonchev–Trinajstić information content (AvgIpc) is 2.59. The van der Waals surface area contributed by atoms with Crippen LogP contribution in [0.15, 0.2) is 53.4 Å². The minimum Gasteiger partial charge on any atom is -0.493 e. The second-order valence-electron chi connectivity index (χ2n) is 4.88. The lowest BCUT2D eigenvalue weighted by molar-refractivity contribution is -0.131. The van der Waals surface area contributed by atoms with E-state index in [9.17, 15) is 13.2 Å². The van der Waals surface area contributed by atoms with Gasteiger partial charge in [0.1, 0.15) is 0 Å². The second-order valence-corrected chi connectivity index (χ2v) is 6.54. The zero-order chi connectivity index (χ0) is 18.4. The molecule has 2 aromatic carbocycles. The summed E-state index contributed by atoms with van der Waals surface area (Å²) in [6.07, 6.45) is 2.11. The van der Waals surface area contributed by atoms with Gasteiger partial charge in [0.05, 0.1) is 24.8 Å². The highest BCUT2D eigenvalue weighted by atomic mass is 32.2. The molecular formula is C17H17NO6S. The molecule has 0 unspecified atom stereocenters. The van der Waals surface area contributed by atoms with Crippen molar-refractivity contribution in [2.45, 2.75) is 4.90 Å². The Morgan fingerprint density at radius 1 is 1.08 bits per heavy atom. The van der Waals surface area contributed by atoms with E-state index in [2.05, 4.69) is 4.72 Å². The van der Waals surface area contributed by atoms with Crippen LogP contribution >= 0.6 is 0 Å². The van der Waals surface area contributed by atoms with Gasteiger partial charge in [-0.15, -0.1) is 0 Å². The van der Waals surface area contributed by atoms with Crippen molar-refractivity contribution >= 4 is 27.8 Å². The second kappa shape index (κ2) is 7.71. The van der Waals surface area contributed by atoms with Crippen LogP contribution in [0.4, 0.5) is 5.69 Å². The summed E-state index contributed by atoms with van der Waals surface area (Å²) in [6.45, 7) is 0. The molecule has 0 aliphatic carbocycles. The van der Waals surface area contributed by atoms with Crippen LogP contribution in [0.1, 0.15) is 5.56 Å². The van der Waals surface area contributed by atoms with Gasteiger partial charge >= 0.3 is 5.97 Å². The number of carbonyl (C=O) groups is 1. The van der Waals surface area contributed by atoms with Crippen LogP contribution < -0.4 is 14.2 Å². The molecule has 0 atom stereocenters. The number of methoxy groups -OCH3 is 2. The highest BCUT2D eigenvalue weighted by Gasteiger charge is 2.18. The molecule has 0 saturated heterocycles. The van der Waals surface area contributed by atoms with Crippen molar-refractivity contribution in [1.82, 2.24) is 0 Å². The third-order valence-electron chi connectivity index (χ3n) is 3.25. The molecule has 2 N–H and O–H groups in total. The Morgan fingerprint density at radius 3 is 2.40 bits per heavy atom. The maximum Gasteiger partial charge on any atom is 0.328 e. The fourth-order valence-corrected chi connectivity index (χ4v) is 3.39. The first-order valence-corrected chi connectivity index (χ1v) is 8.60. The molecule has 0 fully saturated rings. The van der Waals surface area contributed by atoms with Gasteiger partial charge in [0.15, 0.2) is 11.5 Å². The van der Waals surface area contributed by atoms with Crippen molar-refractivity contribution in [2.75, 3.05) is 18.9 Å². The minimum atomic E-state index is -3.93. The van der Waals surface area contributed by atoms with Gasteiger partial charge in [0.2, 0.25) is 0 Å². The molecule has 0 aliphatic heterocycles. The number of hydrogen-bond donors (Lipinski definition) is 2. The number of nitrogens with one attached hydrogen (secondary N) is 1. The molecule has 0 bridgehead atoms. The number of carboxylic acid groups (broad SMARTS) is 1. The Labute approximate surface area is 145 Å². The zero-order valence-electron chi connectivity index (χ0n) is 13.6. The number of hydrogen-bond acceptors (Lipinski definition) is 5. The number of sulfonamides is 1. The minimum absolute atomic E-state index is 0.0396. The predicted molar refractivity (Wildman–Crippen MR) is 93.5 cm³/mol. The summed E-state index contributed by atoms with van der Waals surface area (Å²) in [7, 11) is -1.00. The number of carboxylic acids is 1. The molecular weight excluding hydrogens is 346 g/mol.